The second-order valence-electron chi connectivity index (χ2n) is 4.94. The van der Waals surface area contributed by atoms with Gasteiger partial charge in [0, 0.05) is 23.2 Å². The van der Waals surface area contributed by atoms with Crippen LogP contribution in [-0.4, -0.2) is 15.5 Å². The number of nitrogens with zero attached hydrogens (tertiary/aromatic N) is 2. The van der Waals surface area contributed by atoms with Crippen molar-refractivity contribution < 1.29 is 5.21 Å². The Kier molecular flexibility index (Phi) is 3.93. The van der Waals surface area contributed by atoms with Gasteiger partial charge >= 0.3 is 0 Å². The maximum absolute atomic E-state index is 9.28. The highest BCUT2D eigenvalue weighted by Crippen LogP contribution is 2.18. The zero-order valence-electron chi connectivity index (χ0n) is 11.4. The fourth-order valence-electron chi connectivity index (χ4n) is 2.46. The minimum absolute atomic E-state index is 0.530. The number of para-hydroxylation sites is 1. The lowest BCUT2D eigenvalue weighted by atomic mass is 10.1. The Morgan fingerprint density at radius 2 is 1.81 bits per heavy atom. The Morgan fingerprint density at radius 3 is 2.62 bits per heavy atom. The van der Waals surface area contributed by atoms with Gasteiger partial charge in [0.1, 0.15) is 0 Å². The first-order valence-corrected chi connectivity index (χ1v) is 7.13. The quantitative estimate of drug-likeness (QED) is 0.433. The summed E-state index contributed by atoms with van der Waals surface area (Å²) in [6.07, 6.45) is 2.53. The van der Waals surface area contributed by atoms with Gasteiger partial charge in [-0.05, 0) is 29.1 Å². The predicted molar refractivity (Wildman–Crippen MR) is 86.3 cm³/mol. The molecule has 0 atom stereocenters. The van der Waals surface area contributed by atoms with Gasteiger partial charge in [0.15, 0.2) is 0 Å². The molecular weight excluding hydrogens is 284 g/mol. The van der Waals surface area contributed by atoms with Crippen LogP contribution in [0.5, 0.6) is 0 Å². The molecule has 0 amide bonds. The lowest BCUT2D eigenvalue weighted by Crippen LogP contribution is -2.12. The van der Waals surface area contributed by atoms with Crippen molar-refractivity contribution in [2.45, 2.75) is 13.0 Å². The molecule has 1 aromatic heterocycles. The van der Waals surface area contributed by atoms with Crippen LogP contribution in [0.1, 0.15) is 5.56 Å². The normalized spacial score (nSPS) is 12.0. The number of hydrogen-bond acceptors (Lipinski definition) is 2. The van der Waals surface area contributed by atoms with E-state index in [1.165, 1.54) is 5.39 Å². The van der Waals surface area contributed by atoms with E-state index in [1.807, 2.05) is 42.6 Å². The van der Waals surface area contributed by atoms with Crippen molar-refractivity contribution >= 4 is 28.2 Å². The molecule has 0 fully saturated rings. The van der Waals surface area contributed by atoms with Crippen LogP contribution in [-0.2, 0) is 13.0 Å². The molecule has 1 heterocycles. The molecule has 3 nitrogen and oxygen atoms in total. The molecule has 0 saturated heterocycles. The lowest BCUT2D eigenvalue weighted by molar-refractivity contribution is 0.316. The summed E-state index contributed by atoms with van der Waals surface area (Å²) >= 11 is 6.16. The Morgan fingerprint density at radius 1 is 1.05 bits per heavy atom. The highest BCUT2D eigenvalue weighted by atomic mass is 35.5. The number of benzene rings is 2. The molecule has 21 heavy (non-hydrogen) atoms. The molecule has 1 N–H and O–H groups in total. The van der Waals surface area contributed by atoms with E-state index < -0.39 is 0 Å². The molecule has 2 aromatic carbocycles. The Labute approximate surface area is 128 Å². The predicted octanol–water partition coefficient (Wildman–Crippen LogP) is 4.37. The van der Waals surface area contributed by atoms with Crippen molar-refractivity contribution in [3.8, 4) is 0 Å². The van der Waals surface area contributed by atoms with Crippen LogP contribution in [0.3, 0.4) is 0 Å². The van der Waals surface area contributed by atoms with Gasteiger partial charge in [-0.1, -0.05) is 53.2 Å². The molecule has 0 aliphatic carbocycles. The zero-order valence-corrected chi connectivity index (χ0v) is 12.2. The monoisotopic (exact) mass is 298 g/mol. The van der Waals surface area contributed by atoms with Crippen molar-refractivity contribution in [3.63, 3.8) is 0 Å². The molecule has 0 saturated carbocycles. The molecule has 4 heteroatoms. The van der Waals surface area contributed by atoms with Crippen LogP contribution in [0.2, 0.25) is 5.02 Å². The van der Waals surface area contributed by atoms with Crippen molar-refractivity contribution in [1.82, 2.24) is 4.57 Å². The maximum Gasteiger partial charge on any atom is 0.0811 e. The van der Waals surface area contributed by atoms with Gasteiger partial charge in [0.05, 0.1) is 12.3 Å². The van der Waals surface area contributed by atoms with Gasteiger partial charge < -0.3 is 9.77 Å². The molecule has 0 aliphatic heterocycles. The Bertz CT molecular complexity index is 792. The average molecular weight is 299 g/mol. The van der Waals surface area contributed by atoms with Crippen LogP contribution in [0.25, 0.3) is 10.9 Å². The van der Waals surface area contributed by atoms with E-state index >= 15 is 0 Å². The van der Waals surface area contributed by atoms with Gasteiger partial charge in [0.25, 0.3) is 0 Å². The highest BCUT2D eigenvalue weighted by molar-refractivity contribution is 6.31. The van der Waals surface area contributed by atoms with Crippen LogP contribution < -0.4 is 0 Å². The zero-order chi connectivity index (χ0) is 14.7. The molecule has 106 valence electrons. The van der Waals surface area contributed by atoms with Crippen molar-refractivity contribution in [1.29, 1.82) is 0 Å². The summed E-state index contributed by atoms with van der Waals surface area (Å²) in [5, 5.41) is 14.6. The molecular formula is C17H15ClN2O. The first-order chi connectivity index (χ1) is 10.3. The summed E-state index contributed by atoms with van der Waals surface area (Å²) in [5.41, 5.74) is 2.76. The van der Waals surface area contributed by atoms with Crippen LogP contribution in [0.4, 0.5) is 0 Å². The fraction of sp³-hybridized carbons (Fsp3) is 0.118. The first kappa shape index (κ1) is 13.7. The molecule has 0 aliphatic rings. The lowest BCUT2D eigenvalue weighted by Gasteiger charge is -2.09. The Balaban J connectivity index is 1.84. The van der Waals surface area contributed by atoms with Crippen molar-refractivity contribution in [3.05, 3.63) is 71.4 Å². The number of fused-ring (bicyclic) bond motifs is 1. The van der Waals surface area contributed by atoms with Crippen LogP contribution >= 0.6 is 11.6 Å². The summed E-state index contributed by atoms with van der Waals surface area (Å²) < 4.78 is 2.07. The smallest absolute Gasteiger partial charge is 0.0811 e. The standard InChI is InChI=1S/C17H15ClN2O/c18-16-7-3-1-6-14(16)11-15(19-21)12-20-10-9-13-5-2-4-8-17(13)20/h1-10,21H,11-12H2/b19-15-. The van der Waals surface area contributed by atoms with E-state index in [4.69, 9.17) is 11.6 Å². The molecule has 3 rings (SSSR count). The van der Waals surface area contributed by atoms with Crippen LogP contribution in [0, 0.1) is 0 Å². The van der Waals surface area contributed by atoms with E-state index in [0.717, 1.165) is 11.1 Å². The average Bonchev–Trinajstić information content (AvgIpc) is 2.92. The van der Waals surface area contributed by atoms with E-state index in [9.17, 15) is 5.21 Å². The van der Waals surface area contributed by atoms with E-state index in [0.29, 0.717) is 23.7 Å². The van der Waals surface area contributed by atoms with Gasteiger partial charge in [-0.25, -0.2) is 0 Å². The third kappa shape index (κ3) is 2.93. The van der Waals surface area contributed by atoms with Crippen LogP contribution in [0.15, 0.2) is 65.9 Å². The van der Waals surface area contributed by atoms with E-state index in [2.05, 4.69) is 27.9 Å². The van der Waals surface area contributed by atoms with Gasteiger partial charge in [-0.3, -0.25) is 0 Å². The van der Waals surface area contributed by atoms with E-state index in [-0.39, 0.29) is 0 Å². The van der Waals surface area contributed by atoms with Crippen molar-refractivity contribution in [2.24, 2.45) is 5.16 Å². The largest absolute Gasteiger partial charge is 0.411 e. The van der Waals surface area contributed by atoms with Gasteiger partial charge in [0.2, 0.25) is 0 Å². The molecule has 0 unspecified atom stereocenters. The molecule has 0 bridgehead atoms. The minimum Gasteiger partial charge on any atom is -0.411 e. The summed E-state index contributed by atoms with van der Waals surface area (Å²) in [7, 11) is 0. The second kappa shape index (κ2) is 6.02. The molecule has 0 radical (unpaired) electrons. The highest BCUT2D eigenvalue weighted by Gasteiger charge is 2.08. The SMILES string of the molecule is O/N=C(/Cc1ccccc1Cl)Cn1ccc2ccccc21. The number of hydrogen-bond donors (Lipinski definition) is 1. The fourth-order valence-corrected chi connectivity index (χ4v) is 2.66. The number of aromatic nitrogens is 1. The van der Waals surface area contributed by atoms with Gasteiger partial charge in [-0.2, -0.15) is 0 Å². The summed E-state index contributed by atoms with van der Waals surface area (Å²) in [4.78, 5) is 0. The topological polar surface area (TPSA) is 37.5 Å². The third-order valence-electron chi connectivity index (χ3n) is 3.53. The van der Waals surface area contributed by atoms with Crippen molar-refractivity contribution in [2.75, 3.05) is 0 Å². The van der Waals surface area contributed by atoms with Gasteiger partial charge in [-0.15, -0.1) is 0 Å². The molecule has 3 aromatic rings. The summed E-state index contributed by atoms with van der Waals surface area (Å²) in [5.74, 6) is 0. The molecule has 0 spiro atoms. The number of rotatable bonds is 4. The number of oxime groups is 1. The first-order valence-electron chi connectivity index (χ1n) is 6.75. The third-order valence-corrected chi connectivity index (χ3v) is 3.90. The maximum atomic E-state index is 9.28. The summed E-state index contributed by atoms with van der Waals surface area (Å²) in [6, 6.07) is 17.8. The number of halogens is 1. The second-order valence-corrected chi connectivity index (χ2v) is 5.34. The summed E-state index contributed by atoms with van der Waals surface area (Å²) in [6.45, 7) is 0.537. The minimum atomic E-state index is 0.530. The Hall–Kier alpha value is -2.26. The van der Waals surface area contributed by atoms with E-state index in [1.54, 1.807) is 0 Å².